The Kier molecular flexibility index (Phi) is 6.17. The van der Waals surface area contributed by atoms with Gasteiger partial charge in [-0.3, -0.25) is 4.79 Å². The lowest BCUT2D eigenvalue weighted by atomic mass is 10.2. The van der Waals surface area contributed by atoms with E-state index in [1.165, 1.54) is 11.8 Å². The summed E-state index contributed by atoms with van der Waals surface area (Å²) in [6, 6.07) is 0. The van der Waals surface area contributed by atoms with Crippen molar-refractivity contribution in [3.63, 3.8) is 0 Å². The Morgan fingerprint density at radius 1 is 1.69 bits per heavy atom. The number of Topliss-reactive ketones (excluding diaryl/α,β-unsaturated/α-hetero) is 1. The molecule has 0 amide bonds. The van der Waals surface area contributed by atoms with Gasteiger partial charge in [-0.05, 0) is 13.8 Å². The van der Waals surface area contributed by atoms with E-state index in [1.807, 2.05) is 20.8 Å². The minimum atomic E-state index is -0.0498. The van der Waals surface area contributed by atoms with Gasteiger partial charge in [-0.15, -0.1) is 11.8 Å². The van der Waals surface area contributed by atoms with Crippen molar-refractivity contribution in [1.82, 2.24) is 0 Å². The molecule has 0 saturated carbocycles. The molecule has 0 saturated heterocycles. The fourth-order valence-electron chi connectivity index (χ4n) is 0.784. The van der Waals surface area contributed by atoms with Crippen LogP contribution in [0.15, 0.2) is 22.6 Å². The average Bonchev–Trinajstić information content (AvgIpc) is 2.14. The minimum Gasteiger partial charge on any atom is -0.298 e. The minimum absolute atomic E-state index is 0.0498. The van der Waals surface area contributed by atoms with Gasteiger partial charge in [0.2, 0.25) is 0 Å². The van der Waals surface area contributed by atoms with Crippen molar-refractivity contribution in [1.29, 1.82) is 0 Å². The van der Waals surface area contributed by atoms with Gasteiger partial charge in [-0.25, -0.2) is 0 Å². The first-order valence-electron chi connectivity index (χ1n) is 4.23. The van der Waals surface area contributed by atoms with Gasteiger partial charge >= 0.3 is 0 Å². The highest BCUT2D eigenvalue weighted by molar-refractivity contribution is 8.04. The molecule has 0 aliphatic rings. The molecular weight excluding hydrogens is 204 g/mol. The second-order valence-corrected chi connectivity index (χ2v) is 4.48. The zero-order valence-corrected chi connectivity index (χ0v) is 9.84. The first-order chi connectivity index (χ1) is 6.02. The Balaban J connectivity index is 4.14. The van der Waals surface area contributed by atoms with Crippen LogP contribution in [0.5, 0.6) is 0 Å². The number of halogens is 1. The first kappa shape index (κ1) is 12.8. The molecule has 0 aliphatic carbocycles. The molecule has 0 heterocycles. The van der Waals surface area contributed by atoms with Crippen LogP contribution in [-0.4, -0.2) is 11.0 Å². The van der Waals surface area contributed by atoms with Crippen LogP contribution in [0.3, 0.4) is 0 Å². The number of thioether (sulfide) groups is 1. The molecule has 1 nitrogen and oxygen atoms in total. The van der Waals surface area contributed by atoms with Crippen LogP contribution < -0.4 is 0 Å². The third kappa shape index (κ3) is 4.53. The second kappa shape index (κ2) is 6.28. The summed E-state index contributed by atoms with van der Waals surface area (Å²) in [6.45, 7) is 9.38. The number of rotatable bonds is 5. The molecule has 0 aliphatic heterocycles. The van der Waals surface area contributed by atoms with Gasteiger partial charge < -0.3 is 0 Å². The van der Waals surface area contributed by atoms with E-state index in [9.17, 15) is 4.79 Å². The van der Waals surface area contributed by atoms with Gasteiger partial charge in [0.05, 0.1) is 5.25 Å². The molecule has 74 valence electrons. The average molecular weight is 219 g/mol. The van der Waals surface area contributed by atoms with E-state index in [2.05, 4.69) is 6.58 Å². The fourth-order valence-corrected chi connectivity index (χ4v) is 1.87. The Hall–Kier alpha value is -0.210. The Bertz CT molecular complexity index is 233. The molecule has 0 fully saturated rings. The monoisotopic (exact) mass is 218 g/mol. The highest BCUT2D eigenvalue weighted by atomic mass is 35.5. The van der Waals surface area contributed by atoms with E-state index in [0.29, 0.717) is 11.5 Å². The third-order valence-corrected chi connectivity index (χ3v) is 3.32. The van der Waals surface area contributed by atoms with E-state index in [4.69, 9.17) is 11.6 Å². The molecule has 0 bridgehead atoms. The van der Waals surface area contributed by atoms with E-state index < -0.39 is 0 Å². The van der Waals surface area contributed by atoms with E-state index in [0.717, 1.165) is 4.91 Å². The molecule has 1 unspecified atom stereocenters. The third-order valence-electron chi connectivity index (χ3n) is 1.64. The van der Waals surface area contributed by atoms with Crippen LogP contribution >= 0.6 is 23.4 Å². The largest absolute Gasteiger partial charge is 0.298 e. The smallest absolute Gasteiger partial charge is 0.145 e. The first-order valence-corrected chi connectivity index (χ1v) is 5.49. The summed E-state index contributed by atoms with van der Waals surface area (Å²) in [4.78, 5) is 12.0. The maximum absolute atomic E-state index is 11.2. The lowest BCUT2D eigenvalue weighted by Gasteiger charge is -2.09. The zero-order chi connectivity index (χ0) is 10.4. The van der Waals surface area contributed by atoms with Crippen LogP contribution in [-0.2, 0) is 4.79 Å². The van der Waals surface area contributed by atoms with Crippen LogP contribution in [0.25, 0.3) is 0 Å². The molecular formula is C10H15ClOS. The molecule has 13 heavy (non-hydrogen) atoms. The number of carbonyl (C=O) groups excluding carboxylic acids is 1. The van der Waals surface area contributed by atoms with Crippen molar-refractivity contribution >= 4 is 29.1 Å². The normalized spacial score (nSPS) is 14.0. The quantitative estimate of drug-likeness (QED) is 0.654. The Morgan fingerprint density at radius 3 is 2.62 bits per heavy atom. The predicted octanol–water partition coefficient (Wildman–Crippen LogP) is 3.74. The maximum Gasteiger partial charge on any atom is 0.145 e. The van der Waals surface area contributed by atoms with Crippen molar-refractivity contribution in [2.24, 2.45) is 0 Å². The van der Waals surface area contributed by atoms with Gasteiger partial charge in [0.25, 0.3) is 0 Å². The van der Waals surface area contributed by atoms with Gasteiger partial charge in [0.15, 0.2) is 0 Å². The summed E-state index contributed by atoms with van der Waals surface area (Å²) in [5, 5.41) is 0.576. The summed E-state index contributed by atoms with van der Waals surface area (Å²) >= 11 is 7.26. The van der Waals surface area contributed by atoms with E-state index >= 15 is 0 Å². The Morgan fingerprint density at radius 2 is 2.23 bits per heavy atom. The molecule has 0 spiro atoms. The molecule has 0 aromatic carbocycles. The van der Waals surface area contributed by atoms with Crippen molar-refractivity contribution < 1.29 is 4.79 Å². The number of allylic oxidation sites excluding steroid dienone is 2. The second-order valence-electron chi connectivity index (χ2n) is 2.64. The van der Waals surface area contributed by atoms with Crippen molar-refractivity contribution in [3.8, 4) is 0 Å². The molecule has 0 aromatic heterocycles. The highest BCUT2D eigenvalue weighted by Gasteiger charge is 2.13. The molecule has 0 N–H and O–H groups in total. The van der Waals surface area contributed by atoms with Crippen LogP contribution in [0, 0.1) is 0 Å². The lowest BCUT2D eigenvalue weighted by molar-refractivity contribution is -0.117. The molecule has 1 atom stereocenters. The van der Waals surface area contributed by atoms with Crippen molar-refractivity contribution in [2.75, 3.05) is 0 Å². The van der Waals surface area contributed by atoms with Crippen molar-refractivity contribution in [2.45, 2.75) is 32.4 Å². The number of hydrogen-bond acceptors (Lipinski definition) is 2. The predicted molar refractivity (Wildman–Crippen MR) is 61.1 cm³/mol. The number of hydrogen-bond donors (Lipinski definition) is 0. The summed E-state index contributed by atoms with van der Waals surface area (Å²) in [6.07, 6.45) is 2.34. The number of ketones is 1. The van der Waals surface area contributed by atoms with Crippen LogP contribution in [0.1, 0.15) is 27.2 Å². The zero-order valence-electron chi connectivity index (χ0n) is 8.26. The van der Waals surface area contributed by atoms with Gasteiger partial charge in [-0.1, -0.05) is 31.2 Å². The number of carbonyl (C=O) groups is 1. The highest BCUT2D eigenvalue weighted by Crippen LogP contribution is 2.29. The van der Waals surface area contributed by atoms with Crippen molar-refractivity contribution in [3.05, 3.63) is 22.6 Å². The summed E-state index contributed by atoms with van der Waals surface area (Å²) < 4.78 is 0. The molecule has 0 aromatic rings. The SMILES string of the molecule is C=C(SC(C)C(=O)CC)/C(Cl)=C\C. The molecule has 0 radical (unpaired) electrons. The molecule has 0 rings (SSSR count). The van der Waals surface area contributed by atoms with Gasteiger partial charge in [-0.2, -0.15) is 0 Å². The van der Waals surface area contributed by atoms with E-state index in [1.54, 1.807) is 6.08 Å². The van der Waals surface area contributed by atoms with Gasteiger partial charge in [0.1, 0.15) is 5.78 Å². The standard InChI is InChI=1S/C10H15ClOS/c1-5-9(11)7(3)13-8(4)10(12)6-2/h5,8H,3,6H2,1-2,4H3/b9-5+. The summed E-state index contributed by atoms with van der Waals surface area (Å²) in [7, 11) is 0. The van der Waals surface area contributed by atoms with E-state index in [-0.39, 0.29) is 11.0 Å². The fraction of sp³-hybridized carbons (Fsp3) is 0.500. The summed E-state index contributed by atoms with van der Waals surface area (Å²) in [5.41, 5.74) is 0. The van der Waals surface area contributed by atoms with Crippen LogP contribution in [0.4, 0.5) is 0 Å². The molecule has 3 heteroatoms. The van der Waals surface area contributed by atoms with Crippen LogP contribution in [0.2, 0.25) is 0 Å². The van der Waals surface area contributed by atoms with Gasteiger partial charge in [0, 0.05) is 16.4 Å². The lowest BCUT2D eigenvalue weighted by Crippen LogP contribution is -2.11. The maximum atomic E-state index is 11.2. The Labute approximate surface area is 89.2 Å². The topological polar surface area (TPSA) is 17.1 Å². The summed E-state index contributed by atoms with van der Waals surface area (Å²) in [5.74, 6) is 0.228.